The van der Waals surface area contributed by atoms with Gasteiger partial charge in [0.25, 0.3) is 0 Å². The zero-order valence-corrected chi connectivity index (χ0v) is 32.9. The first kappa shape index (κ1) is 34.3. The predicted octanol–water partition coefficient (Wildman–Crippen LogP) is 16.9. The van der Waals surface area contributed by atoms with Gasteiger partial charge in [0.1, 0.15) is 0 Å². The van der Waals surface area contributed by atoms with Crippen LogP contribution in [0.15, 0.2) is 231 Å². The highest BCUT2D eigenvalue weighted by Crippen LogP contribution is 2.49. The molecule has 278 valence electrons. The Balaban J connectivity index is 1.22. The summed E-state index contributed by atoms with van der Waals surface area (Å²) in [6.07, 6.45) is 0. The van der Waals surface area contributed by atoms with Crippen molar-refractivity contribution in [3.05, 3.63) is 231 Å². The summed E-state index contributed by atoms with van der Waals surface area (Å²) in [5, 5.41) is 14.9. The van der Waals surface area contributed by atoms with Crippen molar-refractivity contribution in [1.82, 2.24) is 0 Å². The van der Waals surface area contributed by atoms with E-state index in [-0.39, 0.29) is 0 Å². The second kappa shape index (κ2) is 13.9. The molecule has 0 bridgehead atoms. The SMILES string of the molecule is c1cc(-c2cccc3ccccc23)cc(-c2c3ccccc3c(-c3ccc4ccccc4c3)c3cc(-c4ccc5ccccc5c4)c(-c4ccc5ccccc5c4)cc23)c1. The molecule has 12 aromatic rings. The van der Waals surface area contributed by atoms with Crippen LogP contribution in [-0.2, 0) is 0 Å². The van der Waals surface area contributed by atoms with E-state index in [1.165, 1.54) is 120 Å². The smallest absolute Gasteiger partial charge is 0.00259 e. The van der Waals surface area contributed by atoms with Crippen molar-refractivity contribution in [2.24, 2.45) is 0 Å². The van der Waals surface area contributed by atoms with Gasteiger partial charge < -0.3 is 0 Å². The van der Waals surface area contributed by atoms with Crippen LogP contribution in [0.4, 0.5) is 0 Å². The van der Waals surface area contributed by atoms with Gasteiger partial charge in [-0.1, -0.05) is 194 Å². The number of benzene rings is 12. The highest BCUT2D eigenvalue weighted by atomic mass is 14.2. The molecule has 12 rings (SSSR count). The van der Waals surface area contributed by atoms with Crippen molar-refractivity contribution >= 4 is 64.6 Å². The minimum Gasteiger partial charge on any atom is -0.0616 e. The van der Waals surface area contributed by atoms with Gasteiger partial charge in [-0.2, -0.15) is 0 Å². The quantitative estimate of drug-likeness (QED) is 0.153. The summed E-state index contributed by atoms with van der Waals surface area (Å²) in [5.74, 6) is 0. The van der Waals surface area contributed by atoms with E-state index in [9.17, 15) is 0 Å². The van der Waals surface area contributed by atoms with E-state index in [2.05, 4.69) is 231 Å². The fourth-order valence-electron chi connectivity index (χ4n) is 9.70. The number of rotatable bonds is 5. The Morgan fingerprint density at radius 1 is 0.167 bits per heavy atom. The Morgan fingerprint density at radius 3 is 1.08 bits per heavy atom. The largest absolute Gasteiger partial charge is 0.0616 e. The van der Waals surface area contributed by atoms with Gasteiger partial charge in [-0.25, -0.2) is 0 Å². The minimum absolute atomic E-state index is 1.20. The molecule has 0 fully saturated rings. The molecule has 0 aliphatic heterocycles. The summed E-state index contributed by atoms with van der Waals surface area (Å²) < 4.78 is 0. The van der Waals surface area contributed by atoms with E-state index in [1.807, 2.05) is 0 Å². The van der Waals surface area contributed by atoms with Crippen LogP contribution < -0.4 is 0 Å². The molecule has 0 spiro atoms. The third kappa shape index (κ3) is 5.69. The average Bonchev–Trinajstić information content (AvgIpc) is 3.32. The monoisotopic (exact) mass is 758 g/mol. The van der Waals surface area contributed by atoms with Gasteiger partial charge in [0.05, 0.1) is 0 Å². The van der Waals surface area contributed by atoms with Gasteiger partial charge in [-0.3, -0.25) is 0 Å². The van der Waals surface area contributed by atoms with Gasteiger partial charge in [0.15, 0.2) is 0 Å². The Bertz CT molecular complexity index is 3660. The fourth-order valence-corrected chi connectivity index (χ4v) is 9.70. The summed E-state index contributed by atoms with van der Waals surface area (Å²) in [6, 6.07) is 85.5. The lowest BCUT2D eigenvalue weighted by Gasteiger charge is -2.22. The molecule has 0 N–H and O–H groups in total. The Morgan fingerprint density at radius 2 is 0.533 bits per heavy atom. The summed E-state index contributed by atoms with van der Waals surface area (Å²) in [5.41, 5.74) is 12.2. The van der Waals surface area contributed by atoms with Crippen LogP contribution in [0, 0.1) is 0 Å². The normalized spacial score (nSPS) is 11.7. The summed E-state index contributed by atoms with van der Waals surface area (Å²) in [7, 11) is 0. The molecule has 0 heteroatoms. The van der Waals surface area contributed by atoms with Crippen LogP contribution >= 0.6 is 0 Å². The molecule has 60 heavy (non-hydrogen) atoms. The van der Waals surface area contributed by atoms with E-state index in [4.69, 9.17) is 0 Å². The van der Waals surface area contributed by atoms with Gasteiger partial charge in [-0.05, 0) is 157 Å². The van der Waals surface area contributed by atoms with Gasteiger partial charge >= 0.3 is 0 Å². The summed E-state index contributed by atoms with van der Waals surface area (Å²) >= 11 is 0. The van der Waals surface area contributed by atoms with E-state index < -0.39 is 0 Å². The van der Waals surface area contributed by atoms with E-state index >= 15 is 0 Å². The molecule has 0 heterocycles. The van der Waals surface area contributed by atoms with E-state index in [0.717, 1.165) is 0 Å². The lowest BCUT2D eigenvalue weighted by atomic mass is 9.81. The van der Waals surface area contributed by atoms with E-state index in [0.29, 0.717) is 0 Å². The van der Waals surface area contributed by atoms with Crippen molar-refractivity contribution in [1.29, 1.82) is 0 Å². The lowest BCUT2D eigenvalue weighted by molar-refractivity contribution is 1.62. The standard InChI is InChI=1S/C60H38/c1-4-17-43-33-47(30-27-39(43)13-1)55-37-57-58(38-56(55)48-31-28-40-14-2-5-18-44(40)34-48)60(50-32-29-41-15-3-6-19-45(41)35-50)54-25-10-9-24-53(54)59(57)49-22-11-21-46(36-49)52-26-12-20-42-16-7-8-23-51(42)52/h1-38H. The minimum atomic E-state index is 1.20. The summed E-state index contributed by atoms with van der Waals surface area (Å²) in [6.45, 7) is 0. The van der Waals surface area contributed by atoms with Crippen molar-refractivity contribution in [3.8, 4) is 55.6 Å². The molecule has 0 amide bonds. The molecule has 0 aliphatic carbocycles. The van der Waals surface area contributed by atoms with Crippen molar-refractivity contribution in [3.63, 3.8) is 0 Å². The van der Waals surface area contributed by atoms with Gasteiger partial charge in [0.2, 0.25) is 0 Å². The van der Waals surface area contributed by atoms with Gasteiger partial charge in [-0.15, -0.1) is 0 Å². The van der Waals surface area contributed by atoms with Gasteiger partial charge in [0, 0.05) is 0 Å². The third-order valence-electron chi connectivity index (χ3n) is 12.6. The molecule has 0 atom stereocenters. The first-order valence-electron chi connectivity index (χ1n) is 20.8. The maximum absolute atomic E-state index is 2.50. The summed E-state index contributed by atoms with van der Waals surface area (Å²) in [4.78, 5) is 0. The molecule has 0 radical (unpaired) electrons. The molecular formula is C60H38. The predicted molar refractivity (Wildman–Crippen MR) is 259 cm³/mol. The maximum atomic E-state index is 2.50. The Labute approximate surface area is 349 Å². The molecule has 0 saturated carbocycles. The first-order chi connectivity index (χ1) is 29.7. The molecular weight excluding hydrogens is 721 g/mol. The van der Waals surface area contributed by atoms with Crippen molar-refractivity contribution in [2.45, 2.75) is 0 Å². The van der Waals surface area contributed by atoms with Crippen molar-refractivity contribution < 1.29 is 0 Å². The fraction of sp³-hybridized carbons (Fsp3) is 0. The average molecular weight is 759 g/mol. The van der Waals surface area contributed by atoms with Crippen molar-refractivity contribution in [2.75, 3.05) is 0 Å². The van der Waals surface area contributed by atoms with Crippen LogP contribution in [0.2, 0.25) is 0 Å². The van der Waals surface area contributed by atoms with Crippen LogP contribution in [0.5, 0.6) is 0 Å². The molecule has 12 aromatic carbocycles. The molecule has 0 nitrogen and oxygen atoms in total. The van der Waals surface area contributed by atoms with Crippen LogP contribution in [0.1, 0.15) is 0 Å². The molecule has 0 saturated heterocycles. The lowest BCUT2D eigenvalue weighted by Crippen LogP contribution is -1.95. The molecule has 0 aliphatic rings. The number of fused-ring (bicyclic) bond motifs is 6. The maximum Gasteiger partial charge on any atom is -0.00259 e. The number of hydrogen-bond acceptors (Lipinski definition) is 0. The molecule has 0 unspecified atom stereocenters. The number of hydrogen-bond donors (Lipinski definition) is 0. The zero-order valence-electron chi connectivity index (χ0n) is 32.9. The van der Waals surface area contributed by atoms with Crippen LogP contribution in [0.25, 0.3) is 120 Å². The Hall–Kier alpha value is -7.80. The van der Waals surface area contributed by atoms with E-state index in [1.54, 1.807) is 0 Å². The van der Waals surface area contributed by atoms with Crippen LogP contribution in [0.3, 0.4) is 0 Å². The highest BCUT2D eigenvalue weighted by molar-refractivity contribution is 6.23. The first-order valence-corrected chi connectivity index (χ1v) is 20.8. The highest BCUT2D eigenvalue weighted by Gasteiger charge is 2.21. The topological polar surface area (TPSA) is 0 Å². The van der Waals surface area contributed by atoms with Crippen LogP contribution in [-0.4, -0.2) is 0 Å². The zero-order chi connectivity index (χ0) is 39.6. The third-order valence-corrected chi connectivity index (χ3v) is 12.6. The molecule has 0 aromatic heterocycles. The second-order valence-electron chi connectivity index (χ2n) is 16.0. The second-order valence-corrected chi connectivity index (χ2v) is 16.0. The Kier molecular flexibility index (Phi) is 7.96.